The zero-order valence-corrected chi connectivity index (χ0v) is 24.2. The van der Waals surface area contributed by atoms with E-state index in [-0.39, 0.29) is 17.2 Å². The highest BCUT2D eigenvalue weighted by molar-refractivity contribution is 6.74. The lowest BCUT2D eigenvalue weighted by molar-refractivity contribution is 0.152. The molecule has 10 heteroatoms. The van der Waals surface area contributed by atoms with E-state index in [4.69, 9.17) is 21.0 Å². The van der Waals surface area contributed by atoms with E-state index in [0.717, 1.165) is 48.1 Å². The predicted octanol–water partition coefficient (Wildman–Crippen LogP) is 6.72. The first-order chi connectivity index (χ1) is 17.5. The van der Waals surface area contributed by atoms with Gasteiger partial charge in [-0.15, -0.1) is 0 Å². The van der Waals surface area contributed by atoms with Crippen LogP contribution in [0.4, 0.5) is 11.5 Å². The van der Waals surface area contributed by atoms with Crippen LogP contribution in [0, 0.1) is 0 Å². The monoisotopic (exact) mass is 537 g/mol. The van der Waals surface area contributed by atoms with E-state index >= 15 is 0 Å². The number of pyridine rings is 1. The number of nitrogens with one attached hydrogen (secondary N) is 2. The zero-order valence-electron chi connectivity index (χ0n) is 22.5. The number of piperidine rings is 1. The Balaban J connectivity index is 1.46. The van der Waals surface area contributed by atoms with E-state index in [2.05, 4.69) is 77.0 Å². The Bertz CT molecular complexity index is 1410. The number of hydrogen-bond donors (Lipinski definition) is 2. The van der Waals surface area contributed by atoms with Crippen LogP contribution in [0.2, 0.25) is 23.2 Å². The summed E-state index contributed by atoms with van der Waals surface area (Å²) in [4.78, 5) is 23.4. The molecule has 0 spiro atoms. The van der Waals surface area contributed by atoms with Gasteiger partial charge in [0.15, 0.2) is 19.8 Å². The smallest absolute Gasteiger partial charge is 0.192 e. The van der Waals surface area contributed by atoms with Crippen LogP contribution in [0.5, 0.6) is 0 Å². The first-order valence-corrected chi connectivity index (χ1v) is 16.2. The van der Waals surface area contributed by atoms with E-state index in [1.807, 2.05) is 18.3 Å². The summed E-state index contributed by atoms with van der Waals surface area (Å²) in [6.45, 7) is 15.5. The summed E-state index contributed by atoms with van der Waals surface area (Å²) in [6.07, 6.45) is 7.28. The number of nitrogens with zero attached hydrogens (tertiary/aromatic N) is 5. The summed E-state index contributed by atoms with van der Waals surface area (Å²) in [5.74, 6) is 0.684. The molecule has 8 nitrogen and oxygen atoms in total. The molecule has 0 radical (unpaired) electrons. The van der Waals surface area contributed by atoms with Gasteiger partial charge in [0.25, 0.3) is 0 Å². The van der Waals surface area contributed by atoms with Crippen LogP contribution in [0.25, 0.3) is 22.1 Å². The Morgan fingerprint density at radius 3 is 2.62 bits per heavy atom. The third-order valence-electron chi connectivity index (χ3n) is 7.91. The predicted molar refractivity (Wildman–Crippen MR) is 154 cm³/mol. The molecule has 4 heterocycles. The molecule has 1 aromatic carbocycles. The maximum atomic E-state index is 6.79. The maximum absolute atomic E-state index is 6.79. The topological polar surface area (TPSA) is 91.9 Å². The Morgan fingerprint density at radius 1 is 1.14 bits per heavy atom. The van der Waals surface area contributed by atoms with Gasteiger partial charge in [-0.2, -0.15) is 0 Å². The fourth-order valence-electron chi connectivity index (χ4n) is 4.81. The summed E-state index contributed by atoms with van der Waals surface area (Å²) in [5.41, 5.74) is 4.55. The first-order valence-electron chi connectivity index (χ1n) is 13.0. The summed E-state index contributed by atoms with van der Waals surface area (Å²) in [6, 6.07) is 5.96. The van der Waals surface area contributed by atoms with Crippen molar-refractivity contribution in [3.8, 4) is 0 Å². The number of H-pyrrole nitrogens is 1. The van der Waals surface area contributed by atoms with Gasteiger partial charge in [-0.25, -0.2) is 15.0 Å². The molecule has 1 fully saturated rings. The molecule has 1 saturated heterocycles. The summed E-state index contributed by atoms with van der Waals surface area (Å²) < 4.78 is 6.76. The number of hydrogen-bond acceptors (Lipinski definition) is 7. The molecular formula is C27H36ClN7OSi. The molecule has 1 atom stereocenters. The number of aromatic amines is 1. The number of fused-ring (bicyclic) bond motifs is 2. The molecular weight excluding hydrogens is 502 g/mol. The molecule has 0 aliphatic carbocycles. The molecule has 1 aliphatic heterocycles. The average Bonchev–Trinajstić information content (AvgIpc) is 3.34. The quantitative estimate of drug-likeness (QED) is 0.264. The molecule has 3 aromatic heterocycles. The van der Waals surface area contributed by atoms with E-state index < -0.39 is 8.32 Å². The van der Waals surface area contributed by atoms with Crippen molar-refractivity contribution < 1.29 is 4.43 Å². The Morgan fingerprint density at radius 2 is 1.89 bits per heavy atom. The van der Waals surface area contributed by atoms with Crippen LogP contribution in [-0.2, 0) is 4.43 Å². The van der Waals surface area contributed by atoms with Gasteiger partial charge in [-0.05, 0) is 56.1 Å². The minimum atomic E-state index is -1.81. The van der Waals surface area contributed by atoms with Crippen molar-refractivity contribution in [1.29, 1.82) is 0 Å². The van der Waals surface area contributed by atoms with Crippen molar-refractivity contribution in [2.24, 2.45) is 0 Å². The van der Waals surface area contributed by atoms with Gasteiger partial charge < -0.3 is 19.6 Å². The maximum Gasteiger partial charge on any atom is 0.192 e. The molecule has 0 amide bonds. The van der Waals surface area contributed by atoms with Crippen LogP contribution in [0.3, 0.4) is 0 Å². The van der Waals surface area contributed by atoms with Crippen LogP contribution in [-0.4, -0.2) is 52.4 Å². The summed E-state index contributed by atoms with van der Waals surface area (Å²) >= 11 is 6.79. The fraction of sp³-hybridized carbons (Fsp3) is 0.481. The second-order valence-corrected chi connectivity index (χ2v) is 16.6. The molecule has 0 saturated carbocycles. The van der Waals surface area contributed by atoms with Gasteiger partial charge in [-0.1, -0.05) is 32.4 Å². The Hall–Kier alpha value is -2.75. The molecule has 4 aromatic rings. The first kappa shape index (κ1) is 25.9. The van der Waals surface area contributed by atoms with Gasteiger partial charge in [0, 0.05) is 36.3 Å². The molecule has 1 aliphatic rings. The van der Waals surface area contributed by atoms with E-state index in [0.29, 0.717) is 22.0 Å². The van der Waals surface area contributed by atoms with Crippen molar-refractivity contribution in [2.75, 3.05) is 23.3 Å². The van der Waals surface area contributed by atoms with Crippen molar-refractivity contribution >= 4 is 53.5 Å². The second kappa shape index (κ2) is 9.85. The normalized spacial score (nSPS) is 16.5. The lowest BCUT2D eigenvalue weighted by atomic mass is 9.98. The van der Waals surface area contributed by atoms with Gasteiger partial charge >= 0.3 is 0 Å². The standard InChI is InChI=1S/C27H36ClN7OSi/c1-17(34-26-23-25(31-15-30-23)32-16-33-26)20-14-21(28)19-8-7-11-29-22(19)24(20)35-12-9-18(10-13-35)36-37(5,6)27(2,3)4/h7-8,11,14-18H,9-10,12-13H2,1-6H3,(H2,30,31,32,33,34). The highest BCUT2D eigenvalue weighted by atomic mass is 35.5. The number of halogens is 1. The fourth-order valence-corrected chi connectivity index (χ4v) is 6.50. The lowest BCUT2D eigenvalue weighted by Crippen LogP contribution is -2.47. The van der Waals surface area contributed by atoms with Gasteiger partial charge in [-0.3, -0.25) is 4.98 Å². The molecule has 37 heavy (non-hydrogen) atoms. The number of anilines is 2. The van der Waals surface area contributed by atoms with Crippen molar-refractivity contribution in [2.45, 2.75) is 70.8 Å². The number of rotatable bonds is 6. The molecule has 5 rings (SSSR count). The Kier molecular flexibility index (Phi) is 6.89. The zero-order chi connectivity index (χ0) is 26.4. The number of imidazole rings is 1. The van der Waals surface area contributed by atoms with E-state index in [1.54, 1.807) is 12.7 Å². The van der Waals surface area contributed by atoms with Crippen LogP contribution < -0.4 is 10.2 Å². The van der Waals surface area contributed by atoms with Crippen LogP contribution in [0.15, 0.2) is 37.1 Å². The summed E-state index contributed by atoms with van der Waals surface area (Å²) in [7, 11) is -1.81. The third kappa shape index (κ3) is 5.04. The Labute approximate surface area is 224 Å². The third-order valence-corrected chi connectivity index (χ3v) is 12.8. The number of aromatic nitrogens is 5. The van der Waals surface area contributed by atoms with E-state index in [1.165, 1.54) is 0 Å². The van der Waals surface area contributed by atoms with Crippen molar-refractivity contribution in [3.05, 3.63) is 47.6 Å². The second-order valence-electron chi connectivity index (χ2n) is 11.4. The van der Waals surface area contributed by atoms with Crippen molar-refractivity contribution in [3.63, 3.8) is 0 Å². The van der Waals surface area contributed by atoms with Crippen molar-refractivity contribution in [1.82, 2.24) is 24.9 Å². The molecule has 0 bridgehead atoms. The lowest BCUT2D eigenvalue weighted by Gasteiger charge is -2.42. The van der Waals surface area contributed by atoms with Gasteiger partial charge in [0.1, 0.15) is 11.8 Å². The minimum Gasteiger partial charge on any atom is -0.414 e. The van der Waals surface area contributed by atoms with Gasteiger partial charge in [0.05, 0.1) is 28.6 Å². The van der Waals surface area contributed by atoms with Gasteiger partial charge in [0.2, 0.25) is 0 Å². The molecule has 2 N–H and O–H groups in total. The molecule has 196 valence electrons. The highest BCUT2D eigenvalue weighted by Crippen LogP contribution is 2.42. The average molecular weight is 538 g/mol. The van der Waals surface area contributed by atoms with E-state index in [9.17, 15) is 0 Å². The molecule has 1 unspecified atom stereocenters. The number of benzene rings is 1. The summed E-state index contributed by atoms with van der Waals surface area (Å²) in [5, 5.41) is 5.41. The van der Waals surface area contributed by atoms with Crippen LogP contribution >= 0.6 is 11.6 Å². The minimum absolute atomic E-state index is 0.0880. The van der Waals surface area contributed by atoms with Crippen LogP contribution in [0.1, 0.15) is 52.1 Å². The highest BCUT2D eigenvalue weighted by Gasteiger charge is 2.40. The largest absolute Gasteiger partial charge is 0.414 e. The SMILES string of the molecule is CC(Nc1ncnc2[nH]cnc12)c1cc(Cl)c2cccnc2c1N1CCC(O[Si](C)(C)C(C)(C)C)CC1.